The second kappa shape index (κ2) is 10.2. The molecule has 7 rings (SSSR count). The first-order valence-corrected chi connectivity index (χ1v) is 14.3. The quantitative estimate of drug-likeness (QED) is 0.211. The number of nitrogens with two attached hydrogens (primary N) is 2. The molecule has 0 radical (unpaired) electrons. The molecule has 5 aromatic rings. The number of methoxy groups -OCH3 is 1. The van der Waals surface area contributed by atoms with E-state index in [0.717, 1.165) is 62.4 Å². The Kier molecular flexibility index (Phi) is 6.35. The fourth-order valence-corrected chi connectivity index (χ4v) is 5.74. The van der Waals surface area contributed by atoms with Crippen LogP contribution in [0.3, 0.4) is 0 Å². The van der Waals surface area contributed by atoms with Gasteiger partial charge in [-0.15, -0.1) is 0 Å². The number of benzene rings is 3. The van der Waals surface area contributed by atoms with Crippen LogP contribution >= 0.6 is 0 Å². The van der Waals surface area contributed by atoms with E-state index in [-0.39, 0.29) is 0 Å². The minimum absolute atomic E-state index is 0.435. The summed E-state index contributed by atoms with van der Waals surface area (Å²) in [5.74, 6) is 2.48. The minimum atomic E-state index is -0.933. The number of ether oxygens (including phenoxy) is 2. The van der Waals surface area contributed by atoms with Crippen LogP contribution in [0.15, 0.2) is 90.2 Å². The predicted molar refractivity (Wildman–Crippen MR) is 167 cm³/mol. The first kappa shape index (κ1) is 26.1. The maximum Gasteiger partial charge on any atom is 0.185 e. The normalized spacial score (nSPS) is 17.8. The van der Waals surface area contributed by atoms with Crippen LogP contribution in [-0.2, 0) is 6.61 Å². The van der Waals surface area contributed by atoms with E-state index in [0.29, 0.717) is 24.1 Å². The smallest absolute Gasteiger partial charge is 0.185 e. The highest BCUT2D eigenvalue weighted by molar-refractivity contribution is 6.10. The number of rotatable bonds is 8. The van der Waals surface area contributed by atoms with E-state index in [9.17, 15) is 0 Å². The van der Waals surface area contributed by atoms with Crippen molar-refractivity contribution >= 4 is 22.6 Å². The van der Waals surface area contributed by atoms with Gasteiger partial charge in [0.25, 0.3) is 0 Å². The van der Waals surface area contributed by atoms with E-state index in [1.807, 2.05) is 48.5 Å². The Morgan fingerprint density at radius 1 is 1.02 bits per heavy atom. The number of pyridine rings is 1. The molecule has 212 valence electrons. The molecular formula is C34H34N6O2. The number of aromatic nitrogens is 2. The van der Waals surface area contributed by atoms with Gasteiger partial charge < -0.3 is 25.1 Å². The van der Waals surface area contributed by atoms with Gasteiger partial charge in [0.15, 0.2) is 5.79 Å². The number of nitrogens with one attached hydrogen (secondary N) is 1. The fraction of sp³-hybridized carbons (Fsp3) is 0.235. The molecule has 1 aliphatic heterocycles. The van der Waals surface area contributed by atoms with Gasteiger partial charge in [-0.05, 0) is 78.8 Å². The number of hydrogen-bond acceptors (Lipinski definition) is 7. The molecule has 1 aliphatic carbocycles. The Morgan fingerprint density at radius 2 is 1.83 bits per heavy atom. The monoisotopic (exact) mass is 558 g/mol. The highest BCUT2D eigenvalue weighted by Crippen LogP contribution is 2.42. The number of para-hydroxylation sites is 1. The first-order chi connectivity index (χ1) is 20.4. The van der Waals surface area contributed by atoms with E-state index in [1.54, 1.807) is 13.3 Å². The van der Waals surface area contributed by atoms with Gasteiger partial charge in [0.2, 0.25) is 0 Å². The van der Waals surface area contributed by atoms with E-state index < -0.39 is 5.79 Å². The third-order valence-corrected chi connectivity index (χ3v) is 8.12. The van der Waals surface area contributed by atoms with Crippen molar-refractivity contribution < 1.29 is 9.47 Å². The Labute approximate surface area is 245 Å². The third-order valence-electron chi connectivity index (χ3n) is 8.12. The van der Waals surface area contributed by atoms with Crippen LogP contribution in [-0.4, -0.2) is 28.3 Å². The zero-order chi connectivity index (χ0) is 28.8. The van der Waals surface area contributed by atoms with E-state index >= 15 is 0 Å². The highest BCUT2D eigenvalue weighted by Gasteiger charge is 2.39. The van der Waals surface area contributed by atoms with Crippen molar-refractivity contribution in [2.24, 2.45) is 22.4 Å². The number of fused-ring (bicyclic) bond motifs is 2. The van der Waals surface area contributed by atoms with Gasteiger partial charge in [-0.25, -0.2) is 4.99 Å². The molecule has 1 atom stereocenters. The van der Waals surface area contributed by atoms with Gasteiger partial charge >= 0.3 is 0 Å². The molecule has 0 saturated heterocycles. The summed E-state index contributed by atoms with van der Waals surface area (Å²) >= 11 is 0. The fourth-order valence-electron chi connectivity index (χ4n) is 5.74. The molecule has 1 saturated carbocycles. The van der Waals surface area contributed by atoms with Crippen molar-refractivity contribution in [3.8, 4) is 28.3 Å². The van der Waals surface area contributed by atoms with Gasteiger partial charge in [-0.1, -0.05) is 36.4 Å². The summed E-state index contributed by atoms with van der Waals surface area (Å²) in [6, 6.07) is 24.4. The van der Waals surface area contributed by atoms with Crippen LogP contribution < -0.4 is 26.3 Å². The summed E-state index contributed by atoms with van der Waals surface area (Å²) < 4.78 is 13.5. The summed E-state index contributed by atoms with van der Waals surface area (Å²) in [4.78, 5) is 9.45. The number of amidine groups is 1. The lowest BCUT2D eigenvalue weighted by atomic mass is 9.99. The van der Waals surface area contributed by atoms with Gasteiger partial charge in [0, 0.05) is 29.3 Å². The molecule has 0 bridgehead atoms. The van der Waals surface area contributed by atoms with Gasteiger partial charge in [0.1, 0.15) is 29.8 Å². The predicted octanol–water partition coefficient (Wildman–Crippen LogP) is 6.13. The number of hydrogen-bond donors (Lipinski definition) is 3. The van der Waals surface area contributed by atoms with Gasteiger partial charge in [-0.2, -0.15) is 0 Å². The van der Waals surface area contributed by atoms with E-state index in [1.165, 1.54) is 12.8 Å². The molecule has 42 heavy (non-hydrogen) atoms. The summed E-state index contributed by atoms with van der Waals surface area (Å²) in [7, 11) is 1.66. The number of anilines is 1. The number of aliphatic imine (C=N–C) groups is 1. The molecular weight excluding hydrogens is 524 g/mol. The lowest BCUT2D eigenvalue weighted by Crippen LogP contribution is -2.51. The van der Waals surface area contributed by atoms with Crippen LogP contribution in [0.1, 0.15) is 36.0 Å². The summed E-state index contributed by atoms with van der Waals surface area (Å²) in [5, 5.41) is 4.55. The van der Waals surface area contributed by atoms with Crippen molar-refractivity contribution in [3.05, 3.63) is 102 Å². The Bertz CT molecular complexity index is 1820. The third kappa shape index (κ3) is 4.94. The van der Waals surface area contributed by atoms with Crippen LogP contribution in [0.4, 0.5) is 5.82 Å². The lowest BCUT2D eigenvalue weighted by Gasteiger charge is -2.33. The SMILES string of the molecule is COc1ccc(COc2cnc3ccc(-c4cn(-c5ccccc5C)c5c4C(N)=NC(N)(CC4CC4)N5)cc3c2)cc1. The van der Waals surface area contributed by atoms with E-state index in [2.05, 4.69) is 52.3 Å². The molecule has 2 aliphatic rings. The Balaban J connectivity index is 1.27. The van der Waals surface area contributed by atoms with Gasteiger partial charge in [0.05, 0.1) is 24.4 Å². The molecule has 0 amide bonds. The summed E-state index contributed by atoms with van der Waals surface area (Å²) in [6.45, 7) is 2.54. The second-order valence-corrected chi connectivity index (χ2v) is 11.3. The second-order valence-electron chi connectivity index (χ2n) is 11.3. The van der Waals surface area contributed by atoms with Crippen LogP contribution in [0.25, 0.3) is 27.7 Å². The summed E-state index contributed by atoms with van der Waals surface area (Å²) in [6.07, 6.45) is 7.01. The summed E-state index contributed by atoms with van der Waals surface area (Å²) in [5.41, 5.74) is 20.5. The standard InChI is InChI=1S/C34H34N6O2/c1-21-5-3-4-6-30(21)40-19-28(31-32(35)38-34(36,39-33(31)40)17-22-7-8-22)24-11-14-29-25(15-24)16-27(18-37-29)42-20-23-9-12-26(41-2)13-10-23/h3-6,9-16,18-19,22,39H,7-8,17,20,36H2,1-2H3,(H2,35,38). The Hall–Kier alpha value is -4.82. The molecule has 3 heterocycles. The van der Waals surface area contributed by atoms with Crippen molar-refractivity contribution in [3.63, 3.8) is 0 Å². The molecule has 1 fully saturated rings. The molecule has 8 nitrogen and oxygen atoms in total. The Morgan fingerprint density at radius 3 is 2.60 bits per heavy atom. The zero-order valence-corrected chi connectivity index (χ0v) is 23.8. The molecule has 1 unspecified atom stereocenters. The van der Waals surface area contributed by atoms with Crippen LogP contribution in [0.2, 0.25) is 0 Å². The molecule has 0 spiro atoms. The maximum absolute atomic E-state index is 6.79. The first-order valence-electron chi connectivity index (χ1n) is 14.3. The number of aryl methyl sites for hydroxylation is 1. The lowest BCUT2D eigenvalue weighted by molar-refractivity contribution is 0.305. The molecule has 3 aromatic carbocycles. The molecule has 8 heteroatoms. The molecule has 2 aromatic heterocycles. The highest BCUT2D eigenvalue weighted by atomic mass is 16.5. The van der Waals surface area contributed by atoms with Crippen molar-refractivity contribution in [1.82, 2.24) is 9.55 Å². The average molecular weight is 559 g/mol. The van der Waals surface area contributed by atoms with Crippen molar-refractivity contribution in [2.45, 2.75) is 38.6 Å². The maximum atomic E-state index is 6.79. The largest absolute Gasteiger partial charge is 0.497 e. The topological polar surface area (TPSA) is 113 Å². The van der Waals surface area contributed by atoms with Gasteiger partial charge in [-0.3, -0.25) is 10.7 Å². The number of nitrogens with zero attached hydrogens (tertiary/aromatic N) is 3. The minimum Gasteiger partial charge on any atom is -0.497 e. The van der Waals surface area contributed by atoms with Crippen molar-refractivity contribution in [2.75, 3.05) is 12.4 Å². The average Bonchev–Trinajstić information content (AvgIpc) is 3.72. The van der Waals surface area contributed by atoms with Crippen molar-refractivity contribution in [1.29, 1.82) is 0 Å². The molecule has 5 N–H and O–H groups in total. The van der Waals surface area contributed by atoms with Crippen LogP contribution in [0.5, 0.6) is 11.5 Å². The van der Waals surface area contributed by atoms with E-state index in [4.69, 9.17) is 25.9 Å². The van der Waals surface area contributed by atoms with Crippen LogP contribution in [0, 0.1) is 12.8 Å². The zero-order valence-electron chi connectivity index (χ0n) is 23.8.